The van der Waals surface area contributed by atoms with E-state index in [1.165, 1.54) is 13.2 Å². The molecule has 2 aliphatic heterocycles. The number of benzene rings is 1. The lowest BCUT2D eigenvalue weighted by molar-refractivity contribution is -0.143. The van der Waals surface area contributed by atoms with Crippen molar-refractivity contribution in [3.8, 4) is 0 Å². The summed E-state index contributed by atoms with van der Waals surface area (Å²) in [5, 5.41) is 2.73. The molecule has 11 heteroatoms. The summed E-state index contributed by atoms with van der Waals surface area (Å²) in [5.74, 6) is -0.103. The average molecular weight is 516 g/mol. The molecule has 2 heterocycles. The van der Waals surface area contributed by atoms with Crippen LogP contribution in [0.4, 0.5) is 31.1 Å². The largest absolute Gasteiger partial charge is 0.468 e. The third-order valence-corrected chi connectivity index (χ3v) is 6.46. The number of halogens is 6. The lowest BCUT2D eigenvalue weighted by Crippen LogP contribution is -2.34. The third kappa shape index (κ3) is 5.88. The molecule has 0 saturated carbocycles. The molecule has 4 rings (SSSR count). The van der Waals surface area contributed by atoms with Crippen molar-refractivity contribution in [1.29, 1.82) is 0 Å². The van der Waals surface area contributed by atoms with Gasteiger partial charge < -0.3 is 19.7 Å². The lowest BCUT2D eigenvalue weighted by atomic mass is 9.85. The number of nitrogens with zero attached hydrogens (tertiary/aromatic N) is 1. The van der Waals surface area contributed by atoms with Gasteiger partial charge in [0.1, 0.15) is 0 Å². The second-order valence-corrected chi connectivity index (χ2v) is 8.99. The monoisotopic (exact) mass is 516 g/mol. The maximum Gasteiger partial charge on any atom is 0.416 e. The van der Waals surface area contributed by atoms with Crippen molar-refractivity contribution < 1.29 is 40.6 Å². The maximum absolute atomic E-state index is 13.3. The van der Waals surface area contributed by atoms with Gasteiger partial charge in [0.15, 0.2) is 0 Å². The van der Waals surface area contributed by atoms with Gasteiger partial charge in [-0.3, -0.25) is 0 Å². The van der Waals surface area contributed by atoms with E-state index in [1.807, 2.05) is 12.2 Å². The number of carbonyl (C=O) groups is 1. The Morgan fingerprint density at radius 2 is 1.83 bits per heavy atom. The fourth-order valence-electron chi connectivity index (χ4n) is 4.59. The fraction of sp³-hybridized carbons (Fsp3) is 0.480. The van der Waals surface area contributed by atoms with Crippen molar-refractivity contribution >= 4 is 6.03 Å². The summed E-state index contributed by atoms with van der Waals surface area (Å²) in [6, 6.07) is 1.21. The first-order valence-electron chi connectivity index (χ1n) is 11.6. The van der Waals surface area contributed by atoms with Crippen molar-refractivity contribution in [1.82, 2.24) is 10.2 Å². The van der Waals surface area contributed by atoms with E-state index < -0.39 is 35.9 Å². The first kappa shape index (κ1) is 26.1. The molecule has 2 amide bonds. The van der Waals surface area contributed by atoms with Crippen LogP contribution in [-0.2, 0) is 21.8 Å². The molecule has 1 fully saturated rings. The van der Waals surface area contributed by atoms with Crippen LogP contribution < -0.4 is 5.32 Å². The van der Waals surface area contributed by atoms with Crippen LogP contribution in [0.5, 0.6) is 0 Å². The third-order valence-electron chi connectivity index (χ3n) is 6.46. The van der Waals surface area contributed by atoms with Crippen molar-refractivity contribution in [3.63, 3.8) is 0 Å². The second-order valence-electron chi connectivity index (χ2n) is 8.99. The Morgan fingerprint density at radius 1 is 1.14 bits per heavy atom. The Bertz CT molecular complexity index is 1040. The van der Waals surface area contributed by atoms with Gasteiger partial charge in [0.25, 0.3) is 0 Å². The molecule has 0 aromatic heterocycles. The van der Waals surface area contributed by atoms with E-state index in [1.54, 1.807) is 11.0 Å². The van der Waals surface area contributed by atoms with E-state index in [2.05, 4.69) is 5.32 Å². The van der Waals surface area contributed by atoms with Crippen LogP contribution in [0.25, 0.3) is 0 Å². The summed E-state index contributed by atoms with van der Waals surface area (Å²) in [6.45, 7) is 2.69. The van der Waals surface area contributed by atoms with Gasteiger partial charge in [-0.25, -0.2) is 4.79 Å². The number of nitrogens with one attached hydrogen (secondary N) is 1. The molecule has 1 aliphatic carbocycles. The number of carbonyl (C=O) groups excluding carboxylic acids is 1. The van der Waals surface area contributed by atoms with Gasteiger partial charge in [0.2, 0.25) is 6.29 Å². The Morgan fingerprint density at radius 3 is 2.39 bits per heavy atom. The number of hydrogen-bond donors (Lipinski definition) is 1. The minimum Gasteiger partial charge on any atom is -0.468 e. The van der Waals surface area contributed by atoms with Crippen LogP contribution >= 0.6 is 0 Å². The number of alkyl halides is 6. The Labute approximate surface area is 204 Å². The summed E-state index contributed by atoms with van der Waals surface area (Å²) in [7, 11) is 0. The van der Waals surface area contributed by atoms with E-state index in [4.69, 9.17) is 9.47 Å². The molecule has 36 heavy (non-hydrogen) atoms. The Hall–Kier alpha value is -2.95. The van der Waals surface area contributed by atoms with Gasteiger partial charge in [-0.15, -0.1) is 0 Å². The highest BCUT2D eigenvalue weighted by Crippen LogP contribution is 2.40. The zero-order valence-corrected chi connectivity index (χ0v) is 19.5. The second kappa shape index (κ2) is 10.2. The number of rotatable bonds is 6. The molecule has 3 atom stereocenters. The molecule has 0 spiro atoms. The highest BCUT2D eigenvalue weighted by Gasteiger charge is 2.38. The van der Waals surface area contributed by atoms with E-state index in [9.17, 15) is 31.1 Å². The van der Waals surface area contributed by atoms with Crippen LogP contribution in [0.2, 0.25) is 0 Å². The number of ether oxygens (including phenoxy) is 2. The van der Waals surface area contributed by atoms with E-state index >= 15 is 0 Å². The van der Waals surface area contributed by atoms with E-state index in [0.717, 1.165) is 24.8 Å². The van der Waals surface area contributed by atoms with Crippen molar-refractivity contribution in [3.05, 3.63) is 70.5 Å². The number of hydrogen-bond acceptors (Lipinski definition) is 3. The molecule has 196 valence electrons. The van der Waals surface area contributed by atoms with E-state index in [0.29, 0.717) is 30.8 Å². The maximum atomic E-state index is 13.3. The zero-order valence-electron chi connectivity index (χ0n) is 19.5. The van der Waals surface area contributed by atoms with Gasteiger partial charge in [-0.2, -0.15) is 26.3 Å². The molecule has 1 saturated heterocycles. The van der Waals surface area contributed by atoms with Gasteiger partial charge in [0, 0.05) is 31.1 Å². The quantitative estimate of drug-likeness (QED) is 0.354. The van der Waals surface area contributed by atoms with Gasteiger partial charge in [-0.05, 0) is 61.6 Å². The number of amides is 2. The lowest BCUT2D eigenvalue weighted by Gasteiger charge is -2.34. The summed E-state index contributed by atoms with van der Waals surface area (Å²) in [4.78, 5) is 13.7. The Balaban J connectivity index is 1.66. The molecular weight excluding hydrogens is 490 g/mol. The van der Waals surface area contributed by atoms with E-state index in [-0.39, 0.29) is 30.1 Å². The van der Waals surface area contributed by atoms with Crippen molar-refractivity contribution in [2.24, 2.45) is 5.92 Å². The standard InChI is InChI=1S/C25H26F6N2O3/c1-15(18-11-19(24(26,27)28)13-20(12-18)25(29,30)31)36-22-21(16-5-3-2-4-6-16)17(7-10-35-22)14-33-9-8-32-23(33)34/h3,5,7,10-13,15-16,22H,2,4,6,8-9,14H2,1H3,(H,32,34)/t15-,16?,22-/m1/s1. The average Bonchev–Trinajstić information content (AvgIpc) is 3.22. The molecular formula is C25H26F6N2O3. The van der Waals surface area contributed by atoms with Crippen molar-refractivity contribution in [2.45, 2.75) is 50.9 Å². The fourth-order valence-corrected chi connectivity index (χ4v) is 4.59. The van der Waals surface area contributed by atoms with Crippen molar-refractivity contribution in [2.75, 3.05) is 19.6 Å². The van der Waals surface area contributed by atoms with Crippen LogP contribution in [0, 0.1) is 5.92 Å². The Kier molecular flexibility index (Phi) is 7.40. The highest BCUT2D eigenvalue weighted by molar-refractivity contribution is 5.76. The molecule has 1 aromatic carbocycles. The summed E-state index contributed by atoms with van der Waals surface area (Å²) in [6.07, 6.45) is -2.42. The summed E-state index contributed by atoms with van der Waals surface area (Å²) >= 11 is 0. The van der Waals surface area contributed by atoms with Gasteiger partial charge in [0.05, 0.1) is 23.5 Å². The van der Waals surface area contributed by atoms with Gasteiger partial charge in [-0.1, -0.05) is 12.2 Å². The summed E-state index contributed by atoms with van der Waals surface area (Å²) < 4.78 is 91.7. The first-order chi connectivity index (χ1) is 16.9. The number of allylic oxidation sites excluding steroid dienone is 2. The molecule has 0 radical (unpaired) electrons. The van der Waals surface area contributed by atoms with Crippen LogP contribution in [0.1, 0.15) is 49.0 Å². The molecule has 1 N–H and O–H groups in total. The zero-order chi connectivity index (χ0) is 26.1. The topological polar surface area (TPSA) is 50.8 Å². The van der Waals surface area contributed by atoms with Crippen LogP contribution in [0.3, 0.4) is 0 Å². The summed E-state index contributed by atoms with van der Waals surface area (Å²) in [5.41, 5.74) is -1.60. The SMILES string of the molecule is C[C@@H](O[C@H]1OC=CC(CN2CCNC2=O)=C1C1C=CCCC1)c1cc(C(F)(F)F)cc(C(F)(F)F)c1. The molecule has 1 unspecified atom stereocenters. The smallest absolute Gasteiger partial charge is 0.416 e. The molecule has 0 bridgehead atoms. The van der Waals surface area contributed by atoms with Crippen LogP contribution in [0.15, 0.2) is 53.8 Å². The minimum absolute atomic E-state index is 0.0907. The predicted octanol–water partition coefficient (Wildman–Crippen LogP) is 6.35. The first-order valence-corrected chi connectivity index (χ1v) is 11.6. The molecule has 3 aliphatic rings. The van der Waals surface area contributed by atoms with Gasteiger partial charge >= 0.3 is 18.4 Å². The molecule has 5 nitrogen and oxygen atoms in total. The highest BCUT2D eigenvalue weighted by atomic mass is 19.4. The van der Waals surface area contributed by atoms with Crippen LogP contribution in [-0.4, -0.2) is 36.9 Å². The molecule has 1 aromatic rings. The predicted molar refractivity (Wildman–Crippen MR) is 118 cm³/mol. The minimum atomic E-state index is -4.96. The normalized spacial score (nSPS) is 23.6. The number of urea groups is 1.